The molecule has 0 aliphatic heterocycles. The third kappa shape index (κ3) is 3.12. The maximum Gasteiger partial charge on any atom is 0.227 e. The Morgan fingerprint density at radius 1 is 1.19 bits per heavy atom. The normalized spacial score (nSPS) is 10.8. The average Bonchev–Trinajstić information content (AvgIpc) is 2.45. The first kappa shape index (κ1) is 15.2. The molecule has 5 heteroatoms. The minimum absolute atomic E-state index is 0.155. The number of aromatic nitrogens is 2. The lowest BCUT2D eigenvalue weighted by Crippen LogP contribution is -2.07. The number of hydrogen-bond donors (Lipinski definition) is 1. The molecule has 2 rings (SSSR count). The molecule has 1 N–H and O–H groups in total. The third-order valence-electron chi connectivity index (χ3n) is 3.23. The SMILES string of the molecule is CNc1nc(C(C)C)nc(Oc2cccc(C)c2F)c1C. The van der Waals surface area contributed by atoms with E-state index in [2.05, 4.69) is 15.3 Å². The number of benzene rings is 1. The fourth-order valence-electron chi connectivity index (χ4n) is 1.92. The molecule has 1 aromatic carbocycles. The van der Waals surface area contributed by atoms with E-state index in [-0.39, 0.29) is 17.5 Å². The fraction of sp³-hybridized carbons (Fsp3) is 0.375. The monoisotopic (exact) mass is 289 g/mol. The van der Waals surface area contributed by atoms with Gasteiger partial charge in [-0.15, -0.1) is 0 Å². The second-order valence-electron chi connectivity index (χ2n) is 5.25. The number of halogens is 1. The van der Waals surface area contributed by atoms with Gasteiger partial charge < -0.3 is 10.1 Å². The summed E-state index contributed by atoms with van der Waals surface area (Å²) in [5, 5.41) is 3.02. The molecule has 0 spiro atoms. The summed E-state index contributed by atoms with van der Waals surface area (Å²) in [4.78, 5) is 8.84. The number of ether oxygens (including phenoxy) is 1. The smallest absolute Gasteiger partial charge is 0.227 e. The lowest BCUT2D eigenvalue weighted by molar-refractivity contribution is 0.419. The van der Waals surface area contributed by atoms with Crippen LogP contribution in [0.3, 0.4) is 0 Å². The van der Waals surface area contributed by atoms with Crippen LogP contribution in [0.1, 0.15) is 36.7 Å². The van der Waals surface area contributed by atoms with Gasteiger partial charge in [-0.1, -0.05) is 26.0 Å². The van der Waals surface area contributed by atoms with Crippen molar-refractivity contribution in [2.45, 2.75) is 33.6 Å². The molecule has 2 aromatic rings. The van der Waals surface area contributed by atoms with Crippen LogP contribution in [0.5, 0.6) is 11.6 Å². The molecule has 0 aliphatic rings. The minimum Gasteiger partial charge on any atom is -0.435 e. The quantitative estimate of drug-likeness (QED) is 0.916. The Labute approximate surface area is 124 Å². The van der Waals surface area contributed by atoms with Crippen molar-refractivity contribution in [1.29, 1.82) is 0 Å². The summed E-state index contributed by atoms with van der Waals surface area (Å²) in [6.07, 6.45) is 0. The van der Waals surface area contributed by atoms with E-state index in [1.807, 2.05) is 20.8 Å². The maximum absolute atomic E-state index is 14.1. The predicted molar refractivity (Wildman–Crippen MR) is 81.6 cm³/mol. The molecule has 1 aromatic heterocycles. The van der Waals surface area contributed by atoms with Crippen LogP contribution in [0, 0.1) is 19.7 Å². The summed E-state index contributed by atoms with van der Waals surface area (Å²) in [6, 6.07) is 5.05. The molecule has 0 fully saturated rings. The minimum atomic E-state index is -0.368. The fourth-order valence-corrected chi connectivity index (χ4v) is 1.92. The molecule has 112 valence electrons. The highest BCUT2D eigenvalue weighted by atomic mass is 19.1. The Morgan fingerprint density at radius 3 is 2.52 bits per heavy atom. The van der Waals surface area contributed by atoms with Crippen molar-refractivity contribution in [3.05, 3.63) is 41.0 Å². The lowest BCUT2D eigenvalue weighted by Gasteiger charge is -2.15. The number of nitrogens with one attached hydrogen (secondary N) is 1. The van der Waals surface area contributed by atoms with Gasteiger partial charge in [-0.25, -0.2) is 9.37 Å². The highest BCUT2D eigenvalue weighted by Crippen LogP contribution is 2.30. The maximum atomic E-state index is 14.1. The van der Waals surface area contributed by atoms with Crippen molar-refractivity contribution in [2.24, 2.45) is 0 Å². The number of rotatable bonds is 4. The summed E-state index contributed by atoms with van der Waals surface area (Å²) in [7, 11) is 1.79. The zero-order chi connectivity index (χ0) is 15.6. The standard InChI is InChI=1S/C16H20FN3O/c1-9(2)14-19-15(18-5)11(4)16(20-14)21-12-8-6-7-10(3)13(12)17/h6-9H,1-5H3,(H,18,19,20). The van der Waals surface area contributed by atoms with Crippen LogP contribution in [-0.4, -0.2) is 17.0 Å². The number of nitrogens with zero attached hydrogens (tertiary/aromatic N) is 2. The molecule has 4 nitrogen and oxygen atoms in total. The molecule has 0 radical (unpaired) electrons. The molecule has 0 aliphatic carbocycles. The highest BCUT2D eigenvalue weighted by Gasteiger charge is 2.16. The van der Waals surface area contributed by atoms with E-state index in [0.717, 1.165) is 5.56 Å². The Hall–Kier alpha value is -2.17. The van der Waals surface area contributed by atoms with E-state index in [1.54, 1.807) is 32.2 Å². The van der Waals surface area contributed by atoms with Gasteiger partial charge in [-0.3, -0.25) is 0 Å². The van der Waals surface area contributed by atoms with Crippen LogP contribution in [0.15, 0.2) is 18.2 Å². The molecule has 0 unspecified atom stereocenters. The zero-order valence-corrected chi connectivity index (χ0v) is 13.0. The Bertz CT molecular complexity index is 656. The lowest BCUT2D eigenvalue weighted by atomic mass is 10.2. The van der Waals surface area contributed by atoms with Gasteiger partial charge in [0, 0.05) is 13.0 Å². The number of hydrogen-bond acceptors (Lipinski definition) is 4. The Morgan fingerprint density at radius 2 is 1.90 bits per heavy atom. The molecular weight excluding hydrogens is 269 g/mol. The zero-order valence-electron chi connectivity index (χ0n) is 13.0. The first-order valence-electron chi connectivity index (χ1n) is 6.93. The molecule has 1 heterocycles. The second kappa shape index (κ2) is 6.08. The Kier molecular flexibility index (Phi) is 4.40. The molecule has 0 saturated carbocycles. The summed E-state index contributed by atoms with van der Waals surface area (Å²) >= 11 is 0. The van der Waals surface area contributed by atoms with Gasteiger partial charge in [0.2, 0.25) is 5.88 Å². The first-order chi connectivity index (χ1) is 9.93. The topological polar surface area (TPSA) is 47.0 Å². The molecule has 0 amide bonds. The largest absolute Gasteiger partial charge is 0.435 e. The van der Waals surface area contributed by atoms with E-state index in [0.29, 0.717) is 23.1 Å². The van der Waals surface area contributed by atoms with Gasteiger partial charge in [-0.2, -0.15) is 4.98 Å². The van der Waals surface area contributed by atoms with Gasteiger partial charge in [0.25, 0.3) is 0 Å². The van der Waals surface area contributed by atoms with Crippen LogP contribution in [0.25, 0.3) is 0 Å². The van der Waals surface area contributed by atoms with Crippen molar-refractivity contribution in [3.63, 3.8) is 0 Å². The predicted octanol–water partition coefficient (Wildman–Crippen LogP) is 4.19. The Balaban J connectivity index is 2.48. The van der Waals surface area contributed by atoms with Crippen molar-refractivity contribution in [3.8, 4) is 11.6 Å². The van der Waals surface area contributed by atoms with Crippen molar-refractivity contribution >= 4 is 5.82 Å². The van der Waals surface area contributed by atoms with Crippen LogP contribution >= 0.6 is 0 Å². The van der Waals surface area contributed by atoms with Gasteiger partial charge in [0.15, 0.2) is 11.6 Å². The molecular formula is C16H20FN3O. The van der Waals surface area contributed by atoms with Crippen molar-refractivity contribution in [1.82, 2.24) is 9.97 Å². The van der Waals surface area contributed by atoms with Gasteiger partial charge >= 0.3 is 0 Å². The van der Waals surface area contributed by atoms with Gasteiger partial charge in [-0.05, 0) is 25.5 Å². The van der Waals surface area contributed by atoms with Crippen LogP contribution in [-0.2, 0) is 0 Å². The summed E-state index contributed by atoms with van der Waals surface area (Å²) < 4.78 is 19.8. The second-order valence-corrected chi connectivity index (χ2v) is 5.25. The van der Waals surface area contributed by atoms with E-state index in [4.69, 9.17) is 4.74 Å². The van der Waals surface area contributed by atoms with E-state index in [9.17, 15) is 4.39 Å². The van der Waals surface area contributed by atoms with E-state index >= 15 is 0 Å². The molecule has 0 atom stereocenters. The van der Waals surface area contributed by atoms with Gasteiger partial charge in [0.05, 0.1) is 5.56 Å². The summed E-state index contributed by atoms with van der Waals surface area (Å²) in [5.74, 6) is 1.69. The molecule has 0 saturated heterocycles. The average molecular weight is 289 g/mol. The first-order valence-corrected chi connectivity index (χ1v) is 6.93. The molecule has 21 heavy (non-hydrogen) atoms. The van der Waals surface area contributed by atoms with Crippen LogP contribution in [0.4, 0.5) is 10.2 Å². The molecule has 0 bridgehead atoms. The van der Waals surface area contributed by atoms with Gasteiger partial charge in [0.1, 0.15) is 11.6 Å². The van der Waals surface area contributed by atoms with Crippen molar-refractivity contribution in [2.75, 3.05) is 12.4 Å². The van der Waals surface area contributed by atoms with E-state index in [1.165, 1.54) is 0 Å². The van der Waals surface area contributed by atoms with Crippen molar-refractivity contribution < 1.29 is 9.13 Å². The highest BCUT2D eigenvalue weighted by molar-refractivity contribution is 5.49. The third-order valence-corrected chi connectivity index (χ3v) is 3.23. The number of aryl methyl sites for hydroxylation is 1. The summed E-state index contributed by atoms with van der Waals surface area (Å²) in [6.45, 7) is 7.55. The number of anilines is 1. The summed E-state index contributed by atoms with van der Waals surface area (Å²) in [5.41, 5.74) is 1.29. The van der Waals surface area contributed by atoms with E-state index < -0.39 is 0 Å². The van der Waals surface area contributed by atoms with Crippen LogP contribution in [0.2, 0.25) is 0 Å². The van der Waals surface area contributed by atoms with Crippen LogP contribution < -0.4 is 10.1 Å².